The number of fused-ring (bicyclic) bond motifs is 1. The van der Waals surface area contributed by atoms with E-state index in [0.717, 1.165) is 61.2 Å². The number of carbonyl (C=O) groups excluding carboxylic acids is 1. The van der Waals surface area contributed by atoms with Crippen molar-refractivity contribution in [3.8, 4) is 5.75 Å². The number of Topliss-reactive ketones (excluding diaryl/α,β-unsaturated/α-hetero) is 1. The highest BCUT2D eigenvalue weighted by molar-refractivity contribution is 7.10. The summed E-state index contributed by atoms with van der Waals surface area (Å²) in [5.74, 6) is 2.03. The van der Waals surface area contributed by atoms with E-state index in [1.165, 1.54) is 10.6 Å². The quantitative estimate of drug-likeness (QED) is 0.616. The molecule has 1 aliphatic carbocycles. The molecule has 0 unspecified atom stereocenters. The summed E-state index contributed by atoms with van der Waals surface area (Å²) in [4.78, 5) is 28.3. The Morgan fingerprint density at radius 2 is 1.84 bits per heavy atom. The van der Waals surface area contributed by atoms with E-state index in [4.69, 9.17) is 14.7 Å². The lowest BCUT2D eigenvalue weighted by molar-refractivity contribution is 0.0962. The molecule has 3 heterocycles. The number of ketones is 1. The molecule has 3 aromatic rings. The fourth-order valence-electron chi connectivity index (χ4n) is 4.60. The van der Waals surface area contributed by atoms with Gasteiger partial charge >= 0.3 is 0 Å². The number of methoxy groups -OCH3 is 1. The number of anilines is 2. The third-order valence-corrected chi connectivity index (χ3v) is 7.26. The summed E-state index contributed by atoms with van der Waals surface area (Å²) in [6, 6.07) is 12.4. The summed E-state index contributed by atoms with van der Waals surface area (Å²) >= 11 is 1.72. The lowest BCUT2D eigenvalue weighted by Crippen LogP contribution is -2.47. The average molecular weight is 435 g/mol. The second kappa shape index (κ2) is 8.30. The molecule has 0 N–H and O–H groups in total. The van der Waals surface area contributed by atoms with Gasteiger partial charge in [0.2, 0.25) is 5.95 Å². The molecule has 0 amide bonds. The van der Waals surface area contributed by atoms with Crippen molar-refractivity contribution >= 4 is 28.8 Å². The normalized spacial score (nSPS) is 18.8. The molecule has 1 aliphatic heterocycles. The molecule has 6 nitrogen and oxygen atoms in total. The molecule has 0 bridgehead atoms. The molecule has 2 aliphatic rings. The first-order valence-corrected chi connectivity index (χ1v) is 11.6. The molecule has 0 radical (unpaired) electrons. The van der Waals surface area contributed by atoms with Crippen molar-refractivity contribution in [2.24, 2.45) is 0 Å². The van der Waals surface area contributed by atoms with Gasteiger partial charge in [0, 0.05) is 55.1 Å². The maximum absolute atomic E-state index is 12.8. The standard InChI is InChI=1S/C24H26N4O2S/c1-16-23-20(13-17(14-21(23)29)22-7-4-12-31-22)26-24(25-16)28-10-8-27(9-11-28)18-5-3-6-19(15-18)30-2/h3-7,12,15,17H,8-11,13-14H2,1-2H3/t17-/m1/s1. The first kappa shape index (κ1) is 20.0. The summed E-state index contributed by atoms with van der Waals surface area (Å²) < 4.78 is 5.36. The topological polar surface area (TPSA) is 58.6 Å². The Balaban J connectivity index is 1.34. The Morgan fingerprint density at radius 1 is 1.03 bits per heavy atom. The molecule has 2 aromatic heterocycles. The van der Waals surface area contributed by atoms with Crippen molar-refractivity contribution < 1.29 is 9.53 Å². The minimum Gasteiger partial charge on any atom is -0.497 e. The van der Waals surface area contributed by atoms with Crippen molar-refractivity contribution in [1.82, 2.24) is 9.97 Å². The van der Waals surface area contributed by atoms with Gasteiger partial charge in [0.05, 0.1) is 24.1 Å². The molecule has 0 spiro atoms. The molecule has 0 saturated carbocycles. The van der Waals surface area contributed by atoms with Crippen molar-refractivity contribution in [2.45, 2.75) is 25.7 Å². The lowest BCUT2D eigenvalue weighted by Gasteiger charge is -2.36. The van der Waals surface area contributed by atoms with Crippen LogP contribution in [0.25, 0.3) is 0 Å². The molecule has 31 heavy (non-hydrogen) atoms. The van der Waals surface area contributed by atoms with E-state index in [-0.39, 0.29) is 11.7 Å². The molecular formula is C24H26N4O2S. The SMILES string of the molecule is COc1cccc(N2CCN(c3nc(C)c4c(n3)C[C@@H](c3cccs3)CC4=O)CC2)c1. The van der Waals surface area contributed by atoms with Crippen LogP contribution in [0.5, 0.6) is 5.75 Å². The first-order valence-electron chi connectivity index (χ1n) is 10.7. The number of ether oxygens (including phenoxy) is 1. The predicted molar refractivity (Wildman–Crippen MR) is 124 cm³/mol. The number of aromatic nitrogens is 2. The zero-order chi connectivity index (χ0) is 21.4. The van der Waals surface area contributed by atoms with Crippen LogP contribution in [-0.2, 0) is 6.42 Å². The van der Waals surface area contributed by atoms with E-state index in [1.807, 2.05) is 19.1 Å². The van der Waals surface area contributed by atoms with Gasteiger partial charge in [0.25, 0.3) is 0 Å². The van der Waals surface area contributed by atoms with Crippen LogP contribution in [0.3, 0.4) is 0 Å². The molecule has 1 atom stereocenters. The van der Waals surface area contributed by atoms with E-state index >= 15 is 0 Å². The summed E-state index contributed by atoms with van der Waals surface area (Å²) in [6.07, 6.45) is 1.36. The van der Waals surface area contributed by atoms with Gasteiger partial charge in [-0.1, -0.05) is 12.1 Å². The number of nitrogens with zero attached hydrogens (tertiary/aromatic N) is 4. The predicted octanol–water partition coefficient (Wildman–Crippen LogP) is 4.09. The van der Waals surface area contributed by atoms with Gasteiger partial charge in [-0.2, -0.15) is 0 Å². The van der Waals surface area contributed by atoms with Crippen LogP contribution in [0.4, 0.5) is 11.6 Å². The number of thiophene rings is 1. The Morgan fingerprint density at radius 3 is 2.58 bits per heavy atom. The van der Waals surface area contributed by atoms with Gasteiger partial charge in [-0.05, 0) is 36.9 Å². The molecule has 1 aromatic carbocycles. The highest BCUT2D eigenvalue weighted by Crippen LogP contribution is 2.35. The maximum Gasteiger partial charge on any atom is 0.225 e. The van der Waals surface area contributed by atoms with Crippen LogP contribution in [0.1, 0.15) is 39.0 Å². The number of piperazine rings is 1. The van der Waals surface area contributed by atoms with Crippen LogP contribution in [0, 0.1) is 6.92 Å². The van der Waals surface area contributed by atoms with Crippen LogP contribution in [0.2, 0.25) is 0 Å². The molecule has 160 valence electrons. The molecule has 1 fully saturated rings. The monoisotopic (exact) mass is 434 g/mol. The minimum absolute atomic E-state index is 0.173. The Kier molecular flexibility index (Phi) is 5.36. The highest BCUT2D eigenvalue weighted by atomic mass is 32.1. The van der Waals surface area contributed by atoms with E-state index in [9.17, 15) is 4.79 Å². The van der Waals surface area contributed by atoms with Crippen molar-refractivity contribution in [3.63, 3.8) is 0 Å². The Hall–Kier alpha value is -2.93. The largest absolute Gasteiger partial charge is 0.497 e. The van der Waals surface area contributed by atoms with Crippen molar-refractivity contribution in [3.05, 3.63) is 63.6 Å². The van der Waals surface area contributed by atoms with Crippen LogP contribution < -0.4 is 14.5 Å². The number of hydrogen-bond acceptors (Lipinski definition) is 7. The van der Waals surface area contributed by atoms with E-state index in [2.05, 4.69) is 39.4 Å². The average Bonchev–Trinajstić information content (AvgIpc) is 3.34. The fourth-order valence-corrected chi connectivity index (χ4v) is 5.43. The minimum atomic E-state index is 0.173. The first-order chi connectivity index (χ1) is 15.1. The number of rotatable bonds is 4. The van der Waals surface area contributed by atoms with Crippen LogP contribution in [0.15, 0.2) is 41.8 Å². The Labute approximate surface area is 186 Å². The molecule has 5 rings (SSSR count). The van der Waals surface area contributed by atoms with Crippen LogP contribution in [-0.4, -0.2) is 49.0 Å². The van der Waals surface area contributed by atoms with Crippen LogP contribution >= 0.6 is 11.3 Å². The zero-order valence-electron chi connectivity index (χ0n) is 17.9. The smallest absolute Gasteiger partial charge is 0.225 e. The van der Waals surface area contributed by atoms with Gasteiger partial charge in [0.1, 0.15) is 5.75 Å². The second-order valence-corrected chi connectivity index (χ2v) is 9.13. The summed E-state index contributed by atoms with van der Waals surface area (Å²) in [5.41, 5.74) is 3.63. The molecule has 1 saturated heterocycles. The van der Waals surface area contributed by atoms with E-state index < -0.39 is 0 Å². The van der Waals surface area contributed by atoms with Crippen molar-refractivity contribution in [2.75, 3.05) is 43.1 Å². The summed E-state index contributed by atoms with van der Waals surface area (Å²) in [5, 5.41) is 2.08. The number of hydrogen-bond donors (Lipinski definition) is 0. The van der Waals surface area contributed by atoms with Gasteiger partial charge in [-0.3, -0.25) is 4.79 Å². The van der Waals surface area contributed by atoms with Gasteiger partial charge < -0.3 is 14.5 Å². The van der Waals surface area contributed by atoms with E-state index in [1.54, 1.807) is 18.4 Å². The van der Waals surface area contributed by atoms with Gasteiger partial charge in [-0.15, -0.1) is 11.3 Å². The third-order valence-electron chi connectivity index (χ3n) is 6.23. The lowest BCUT2D eigenvalue weighted by atomic mass is 9.84. The van der Waals surface area contributed by atoms with Gasteiger partial charge in [0.15, 0.2) is 5.78 Å². The second-order valence-electron chi connectivity index (χ2n) is 8.15. The Bertz CT molecular complexity index is 1090. The maximum atomic E-state index is 12.8. The fraction of sp³-hybridized carbons (Fsp3) is 0.375. The summed E-state index contributed by atoms with van der Waals surface area (Å²) in [7, 11) is 1.70. The van der Waals surface area contributed by atoms with Crippen molar-refractivity contribution in [1.29, 1.82) is 0 Å². The zero-order valence-corrected chi connectivity index (χ0v) is 18.7. The number of aryl methyl sites for hydroxylation is 1. The third kappa shape index (κ3) is 3.90. The number of carbonyl (C=O) groups is 1. The highest BCUT2D eigenvalue weighted by Gasteiger charge is 2.31. The van der Waals surface area contributed by atoms with Gasteiger partial charge in [-0.25, -0.2) is 9.97 Å². The van der Waals surface area contributed by atoms with E-state index in [0.29, 0.717) is 6.42 Å². The summed E-state index contributed by atoms with van der Waals surface area (Å²) in [6.45, 7) is 5.42. The molecule has 7 heteroatoms. The number of benzene rings is 1. The molecular weight excluding hydrogens is 408 g/mol.